The second kappa shape index (κ2) is 7.38. The van der Waals surface area contributed by atoms with Gasteiger partial charge < -0.3 is 9.64 Å². The van der Waals surface area contributed by atoms with Gasteiger partial charge in [0.1, 0.15) is 5.82 Å². The van der Waals surface area contributed by atoms with Crippen LogP contribution < -0.4 is 4.74 Å². The zero-order valence-corrected chi connectivity index (χ0v) is 13.6. The Balaban J connectivity index is 1.49. The van der Waals surface area contributed by atoms with E-state index in [4.69, 9.17) is 4.74 Å². The molecule has 1 fully saturated rings. The molecule has 2 aromatic rings. The molecule has 1 amide bonds. The topological polar surface area (TPSA) is 55.3 Å². The van der Waals surface area contributed by atoms with Gasteiger partial charge in [0.05, 0.1) is 13.0 Å². The Morgan fingerprint density at radius 1 is 1.38 bits per heavy atom. The van der Waals surface area contributed by atoms with Crippen LogP contribution in [0.3, 0.4) is 0 Å². The molecule has 1 atom stereocenters. The van der Waals surface area contributed by atoms with E-state index in [2.05, 4.69) is 9.97 Å². The van der Waals surface area contributed by atoms with Crippen LogP contribution in [0.2, 0.25) is 0 Å². The van der Waals surface area contributed by atoms with Gasteiger partial charge in [-0.3, -0.25) is 4.79 Å². The molecule has 1 aromatic heterocycles. The minimum absolute atomic E-state index is 0.0153. The maximum Gasteiger partial charge on any atom is 0.226 e. The predicted octanol–water partition coefficient (Wildman–Crippen LogP) is 2.71. The van der Waals surface area contributed by atoms with E-state index in [0.29, 0.717) is 13.1 Å². The van der Waals surface area contributed by atoms with Crippen molar-refractivity contribution >= 4 is 5.91 Å². The van der Waals surface area contributed by atoms with E-state index in [1.807, 2.05) is 13.0 Å². The summed E-state index contributed by atoms with van der Waals surface area (Å²) in [5.41, 5.74) is 0.933. The van der Waals surface area contributed by atoms with E-state index in [0.717, 1.165) is 17.9 Å². The number of para-hydroxylation sites is 1. The third-order valence-electron chi connectivity index (χ3n) is 4.13. The van der Waals surface area contributed by atoms with Crippen LogP contribution >= 0.6 is 0 Å². The lowest BCUT2D eigenvalue weighted by atomic mass is 10.1. The van der Waals surface area contributed by atoms with Crippen molar-refractivity contribution in [2.45, 2.75) is 25.7 Å². The first-order chi connectivity index (χ1) is 11.6. The molecule has 0 aliphatic carbocycles. The van der Waals surface area contributed by atoms with Crippen molar-refractivity contribution in [2.24, 2.45) is 0 Å². The lowest BCUT2D eigenvalue weighted by Crippen LogP contribution is -2.29. The van der Waals surface area contributed by atoms with E-state index in [-0.39, 0.29) is 30.6 Å². The summed E-state index contributed by atoms with van der Waals surface area (Å²) in [6.45, 7) is 3.42. The second-order valence-corrected chi connectivity index (χ2v) is 5.91. The molecule has 3 rings (SSSR count). The van der Waals surface area contributed by atoms with Gasteiger partial charge in [-0.2, -0.15) is 0 Å². The first-order valence-electron chi connectivity index (χ1n) is 8.08. The fourth-order valence-corrected chi connectivity index (χ4v) is 2.83. The van der Waals surface area contributed by atoms with Crippen molar-refractivity contribution in [3.05, 3.63) is 53.9 Å². The van der Waals surface area contributed by atoms with Crippen molar-refractivity contribution in [3.63, 3.8) is 0 Å². The summed E-state index contributed by atoms with van der Waals surface area (Å²) in [4.78, 5) is 22.8. The molecule has 24 heavy (non-hydrogen) atoms. The number of carbonyl (C=O) groups is 1. The van der Waals surface area contributed by atoms with Gasteiger partial charge in [0, 0.05) is 30.9 Å². The monoisotopic (exact) mass is 329 g/mol. The highest BCUT2D eigenvalue weighted by Crippen LogP contribution is 2.25. The number of benzene rings is 1. The van der Waals surface area contributed by atoms with Crippen LogP contribution in [-0.4, -0.2) is 40.5 Å². The van der Waals surface area contributed by atoms with Crippen molar-refractivity contribution in [1.82, 2.24) is 14.9 Å². The molecule has 0 bridgehead atoms. The number of aryl methyl sites for hydroxylation is 1. The van der Waals surface area contributed by atoms with E-state index >= 15 is 0 Å². The molecular formula is C18H20FN3O2. The number of likely N-dealkylation sites (tertiary alicyclic amines) is 1. The molecule has 6 heteroatoms. The Labute approximate surface area is 140 Å². The quantitative estimate of drug-likeness (QED) is 0.846. The number of carbonyl (C=O) groups excluding carboxylic acids is 1. The minimum atomic E-state index is -0.414. The summed E-state index contributed by atoms with van der Waals surface area (Å²) in [5, 5.41) is 0. The maximum atomic E-state index is 13.5. The smallest absolute Gasteiger partial charge is 0.226 e. The van der Waals surface area contributed by atoms with Crippen LogP contribution in [0.4, 0.5) is 4.39 Å². The number of aromatic nitrogens is 2. The third-order valence-corrected chi connectivity index (χ3v) is 4.13. The Morgan fingerprint density at radius 2 is 2.21 bits per heavy atom. The Bertz CT molecular complexity index is 723. The number of ether oxygens (including phenoxy) is 1. The fourth-order valence-electron chi connectivity index (χ4n) is 2.83. The third kappa shape index (κ3) is 3.88. The Morgan fingerprint density at radius 3 is 3.00 bits per heavy atom. The number of halogens is 1. The molecule has 5 nitrogen and oxygen atoms in total. The molecule has 0 N–H and O–H groups in total. The molecule has 1 aliphatic rings. The normalized spacial score (nSPS) is 17.1. The molecule has 2 heterocycles. The van der Waals surface area contributed by atoms with Gasteiger partial charge in [0.2, 0.25) is 5.91 Å². The van der Waals surface area contributed by atoms with Crippen LogP contribution in [0.15, 0.2) is 36.5 Å². The SMILES string of the molecule is Cc1ccnc([C@H]2CCN(C(=O)CCOc3ccccc3F)C2)n1. The Kier molecular flexibility index (Phi) is 5.03. The minimum Gasteiger partial charge on any atom is -0.490 e. The van der Waals surface area contributed by atoms with Crippen molar-refractivity contribution in [3.8, 4) is 5.75 Å². The summed E-state index contributed by atoms with van der Waals surface area (Å²) in [7, 11) is 0. The molecule has 1 aromatic carbocycles. The largest absolute Gasteiger partial charge is 0.490 e. The molecule has 0 saturated carbocycles. The van der Waals surface area contributed by atoms with Crippen LogP contribution in [-0.2, 0) is 4.79 Å². The van der Waals surface area contributed by atoms with Crippen molar-refractivity contribution in [1.29, 1.82) is 0 Å². The summed E-state index contributed by atoms with van der Waals surface area (Å²) in [6.07, 6.45) is 2.85. The lowest BCUT2D eigenvalue weighted by molar-refractivity contribution is -0.130. The van der Waals surface area contributed by atoms with Crippen LogP contribution in [0.5, 0.6) is 5.75 Å². The van der Waals surface area contributed by atoms with Gasteiger partial charge in [0.25, 0.3) is 0 Å². The van der Waals surface area contributed by atoms with Gasteiger partial charge in [0.15, 0.2) is 11.6 Å². The van der Waals surface area contributed by atoms with Crippen LogP contribution in [0.1, 0.15) is 30.3 Å². The summed E-state index contributed by atoms with van der Waals surface area (Å²) in [5.74, 6) is 0.760. The lowest BCUT2D eigenvalue weighted by Gasteiger charge is -2.16. The van der Waals surface area contributed by atoms with Gasteiger partial charge in [-0.1, -0.05) is 12.1 Å². The van der Waals surface area contributed by atoms with Crippen LogP contribution in [0, 0.1) is 12.7 Å². The van der Waals surface area contributed by atoms with Gasteiger partial charge in [-0.05, 0) is 31.5 Å². The van der Waals surface area contributed by atoms with Gasteiger partial charge in [-0.15, -0.1) is 0 Å². The first kappa shape index (κ1) is 16.4. The molecular weight excluding hydrogens is 309 g/mol. The molecule has 0 spiro atoms. The fraction of sp³-hybridized carbons (Fsp3) is 0.389. The molecule has 126 valence electrons. The molecule has 1 aliphatic heterocycles. The van der Waals surface area contributed by atoms with E-state index in [1.54, 1.807) is 29.3 Å². The highest BCUT2D eigenvalue weighted by Gasteiger charge is 2.28. The van der Waals surface area contributed by atoms with Crippen LogP contribution in [0.25, 0.3) is 0 Å². The molecule has 0 radical (unpaired) electrons. The number of amides is 1. The summed E-state index contributed by atoms with van der Waals surface area (Å²) >= 11 is 0. The van der Waals surface area contributed by atoms with E-state index in [9.17, 15) is 9.18 Å². The number of rotatable bonds is 5. The highest BCUT2D eigenvalue weighted by molar-refractivity contribution is 5.76. The number of hydrogen-bond donors (Lipinski definition) is 0. The molecule has 0 unspecified atom stereocenters. The number of hydrogen-bond acceptors (Lipinski definition) is 4. The van der Waals surface area contributed by atoms with Crippen molar-refractivity contribution in [2.75, 3.05) is 19.7 Å². The van der Waals surface area contributed by atoms with E-state index in [1.165, 1.54) is 6.07 Å². The second-order valence-electron chi connectivity index (χ2n) is 5.91. The summed E-state index contributed by atoms with van der Waals surface area (Å²) in [6, 6.07) is 8.06. The Hall–Kier alpha value is -2.50. The zero-order chi connectivity index (χ0) is 16.9. The standard InChI is InChI=1S/C18H20FN3O2/c1-13-6-9-20-18(21-13)14-7-10-22(12-14)17(23)8-11-24-16-5-3-2-4-15(16)19/h2-6,9,14H,7-8,10-12H2,1H3/t14-/m0/s1. The van der Waals surface area contributed by atoms with E-state index < -0.39 is 5.82 Å². The maximum absolute atomic E-state index is 13.5. The van der Waals surface area contributed by atoms with Gasteiger partial charge >= 0.3 is 0 Å². The van der Waals surface area contributed by atoms with Crippen molar-refractivity contribution < 1.29 is 13.9 Å². The summed E-state index contributed by atoms with van der Waals surface area (Å²) < 4.78 is 18.8. The average Bonchev–Trinajstić information content (AvgIpc) is 3.07. The number of nitrogens with zero attached hydrogens (tertiary/aromatic N) is 3. The first-order valence-corrected chi connectivity index (χ1v) is 8.08. The average molecular weight is 329 g/mol. The zero-order valence-electron chi connectivity index (χ0n) is 13.6. The predicted molar refractivity (Wildman–Crippen MR) is 87.2 cm³/mol. The molecule has 1 saturated heterocycles. The van der Waals surface area contributed by atoms with Gasteiger partial charge in [-0.25, -0.2) is 14.4 Å². The highest BCUT2D eigenvalue weighted by atomic mass is 19.1.